The lowest BCUT2D eigenvalue weighted by Gasteiger charge is -2.39. The maximum atomic E-state index is 13.5. The van der Waals surface area contributed by atoms with Gasteiger partial charge >= 0.3 is 0 Å². The van der Waals surface area contributed by atoms with E-state index in [4.69, 9.17) is 15.5 Å². The van der Waals surface area contributed by atoms with Crippen molar-refractivity contribution in [3.8, 4) is 0 Å². The molecule has 0 bridgehead atoms. The molecule has 0 saturated heterocycles. The van der Waals surface area contributed by atoms with Crippen LogP contribution in [0, 0.1) is 5.82 Å². The van der Waals surface area contributed by atoms with Crippen LogP contribution in [0.1, 0.15) is 42.0 Å². The quantitative estimate of drug-likeness (QED) is 0.843. The summed E-state index contributed by atoms with van der Waals surface area (Å²) in [6.07, 6.45) is 3.77. The molecule has 1 saturated carbocycles. The third-order valence-corrected chi connectivity index (χ3v) is 6.13. The Morgan fingerprint density at radius 2 is 1.96 bits per heavy atom. The highest BCUT2D eigenvalue weighted by molar-refractivity contribution is 5.78. The van der Waals surface area contributed by atoms with Crippen molar-refractivity contribution < 1.29 is 9.13 Å². The molecule has 3 atom stereocenters. The standard InChI is InChI=1S/C22H24FN3O/c23-17-7-5-16(6-8-17)20-19-4-2-1-3-15(19)10-12-26(20)21-25-14-22(27-21)11-9-18(24)13-22/h1-8,18,20H,9-14,24H2/t18-,20+,22+/m1/s1. The fraction of sp³-hybridized carbons (Fsp3) is 0.409. The minimum atomic E-state index is -0.223. The van der Waals surface area contributed by atoms with Gasteiger partial charge in [-0.15, -0.1) is 0 Å². The van der Waals surface area contributed by atoms with Crippen molar-refractivity contribution in [1.82, 2.24) is 4.90 Å². The van der Waals surface area contributed by atoms with E-state index in [0.29, 0.717) is 12.6 Å². The van der Waals surface area contributed by atoms with Crippen molar-refractivity contribution >= 4 is 6.02 Å². The summed E-state index contributed by atoms with van der Waals surface area (Å²) in [7, 11) is 0. The molecule has 0 amide bonds. The van der Waals surface area contributed by atoms with Gasteiger partial charge in [-0.1, -0.05) is 36.4 Å². The summed E-state index contributed by atoms with van der Waals surface area (Å²) >= 11 is 0. The molecule has 2 aromatic carbocycles. The average molecular weight is 365 g/mol. The van der Waals surface area contributed by atoms with Crippen LogP contribution < -0.4 is 5.73 Å². The molecular formula is C22H24FN3O. The Hall–Kier alpha value is -2.40. The molecule has 27 heavy (non-hydrogen) atoms. The van der Waals surface area contributed by atoms with E-state index in [9.17, 15) is 4.39 Å². The lowest BCUT2D eigenvalue weighted by atomic mass is 9.88. The Labute approximate surface area is 158 Å². The van der Waals surface area contributed by atoms with Crippen LogP contribution in [0.3, 0.4) is 0 Å². The van der Waals surface area contributed by atoms with Gasteiger partial charge in [0.15, 0.2) is 0 Å². The number of fused-ring (bicyclic) bond motifs is 1. The first-order chi connectivity index (χ1) is 13.1. The first kappa shape index (κ1) is 16.8. The number of hydrogen-bond donors (Lipinski definition) is 1. The Balaban J connectivity index is 1.51. The van der Waals surface area contributed by atoms with E-state index in [0.717, 1.165) is 37.8 Å². The topological polar surface area (TPSA) is 50.8 Å². The number of nitrogens with zero attached hydrogens (tertiary/aromatic N) is 2. The van der Waals surface area contributed by atoms with Gasteiger partial charge in [0.05, 0.1) is 12.6 Å². The SMILES string of the molecule is N[C@@H]1CC[C@@]2(CN=C(N3CCc4ccccc4[C@@H]3c3ccc(F)cc3)O2)C1. The molecule has 140 valence electrons. The highest BCUT2D eigenvalue weighted by Crippen LogP contribution is 2.41. The fourth-order valence-electron chi connectivity index (χ4n) is 4.76. The number of hydrogen-bond acceptors (Lipinski definition) is 4. The molecule has 1 aliphatic carbocycles. The smallest absolute Gasteiger partial charge is 0.288 e. The van der Waals surface area contributed by atoms with Crippen LogP contribution in [0.15, 0.2) is 53.5 Å². The van der Waals surface area contributed by atoms with Crippen LogP contribution >= 0.6 is 0 Å². The minimum Gasteiger partial charge on any atom is -0.456 e. The summed E-state index contributed by atoms with van der Waals surface area (Å²) in [6, 6.07) is 16.2. The predicted octanol–water partition coefficient (Wildman–Crippen LogP) is 3.41. The van der Waals surface area contributed by atoms with Gasteiger partial charge in [-0.3, -0.25) is 0 Å². The molecule has 0 aromatic heterocycles. The van der Waals surface area contributed by atoms with Crippen LogP contribution in [-0.2, 0) is 11.2 Å². The molecule has 0 unspecified atom stereocenters. The number of rotatable bonds is 1. The second-order valence-electron chi connectivity index (χ2n) is 7.98. The zero-order valence-corrected chi connectivity index (χ0v) is 15.3. The van der Waals surface area contributed by atoms with Crippen molar-refractivity contribution in [2.24, 2.45) is 10.7 Å². The molecule has 5 heteroatoms. The van der Waals surface area contributed by atoms with Crippen molar-refractivity contribution in [1.29, 1.82) is 0 Å². The lowest BCUT2D eigenvalue weighted by molar-refractivity contribution is 0.0682. The molecule has 2 aliphatic heterocycles. The van der Waals surface area contributed by atoms with E-state index < -0.39 is 0 Å². The van der Waals surface area contributed by atoms with Gasteiger partial charge in [-0.05, 0) is 48.1 Å². The van der Waals surface area contributed by atoms with Gasteiger partial charge in [0.2, 0.25) is 0 Å². The number of aliphatic imine (C=N–C) groups is 1. The van der Waals surface area contributed by atoms with Crippen LogP contribution in [0.25, 0.3) is 0 Å². The van der Waals surface area contributed by atoms with E-state index in [1.165, 1.54) is 23.3 Å². The molecule has 2 heterocycles. The monoisotopic (exact) mass is 365 g/mol. The zero-order chi connectivity index (χ0) is 18.4. The number of ether oxygens (including phenoxy) is 1. The van der Waals surface area contributed by atoms with Crippen molar-refractivity contribution in [2.45, 2.75) is 43.4 Å². The molecule has 3 aliphatic rings. The van der Waals surface area contributed by atoms with E-state index in [-0.39, 0.29) is 23.5 Å². The maximum absolute atomic E-state index is 13.5. The van der Waals surface area contributed by atoms with Crippen LogP contribution in [0.5, 0.6) is 0 Å². The molecule has 2 aromatic rings. The highest BCUT2D eigenvalue weighted by atomic mass is 19.1. The lowest BCUT2D eigenvalue weighted by Crippen LogP contribution is -2.43. The summed E-state index contributed by atoms with van der Waals surface area (Å²) < 4.78 is 19.9. The van der Waals surface area contributed by atoms with Gasteiger partial charge in [0, 0.05) is 19.0 Å². The fourth-order valence-corrected chi connectivity index (χ4v) is 4.76. The molecule has 0 radical (unpaired) electrons. The van der Waals surface area contributed by atoms with Gasteiger partial charge in [0.1, 0.15) is 11.4 Å². The van der Waals surface area contributed by atoms with Crippen LogP contribution in [-0.4, -0.2) is 35.7 Å². The van der Waals surface area contributed by atoms with E-state index in [1.807, 2.05) is 12.1 Å². The summed E-state index contributed by atoms with van der Waals surface area (Å²) in [5.74, 6) is -0.220. The van der Waals surface area contributed by atoms with Crippen LogP contribution in [0.2, 0.25) is 0 Å². The highest BCUT2D eigenvalue weighted by Gasteiger charge is 2.46. The summed E-state index contributed by atoms with van der Waals surface area (Å²) in [4.78, 5) is 7.03. The number of nitrogens with two attached hydrogens (primary N) is 1. The molecule has 2 N–H and O–H groups in total. The first-order valence-electron chi connectivity index (χ1n) is 9.73. The number of amidine groups is 1. The van der Waals surface area contributed by atoms with Gasteiger partial charge in [-0.25, -0.2) is 9.38 Å². The van der Waals surface area contributed by atoms with E-state index in [1.54, 1.807) is 0 Å². The maximum Gasteiger partial charge on any atom is 0.288 e. The third-order valence-electron chi connectivity index (χ3n) is 6.13. The third kappa shape index (κ3) is 2.90. The summed E-state index contributed by atoms with van der Waals surface area (Å²) in [6.45, 7) is 1.52. The largest absolute Gasteiger partial charge is 0.456 e. The molecule has 1 fully saturated rings. The Morgan fingerprint density at radius 3 is 2.74 bits per heavy atom. The summed E-state index contributed by atoms with van der Waals surface area (Å²) in [5, 5.41) is 0. The van der Waals surface area contributed by atoms with Crippen molar-refractivity contribution in [3.05, 3.63) is 71.0 Å². The number of benzene rings is 2. The van der Waals surface area contributed by atoms with Gasteiger partial charge < -0.3 is 15.4 Å². The average Bonchev–Trinajstić information content (AvgIpc) is 3.27. The zero-order valence-electron chi connectivity index (χ0n) is 15.3. The minimum absolute atomic E-state index is 0.0143. The Morgan fingerprint density at radius 1 is 1.15 bits per heavy atom. The normalized spacial score (nSPS) is 29.6. The Kier molecular flexibility index (Phi) is 3.93. The van der Waals surface area contributed by atoms with Crippen molar-refractivity contribution in [2.75, 3.05) is 13.1 Å². The van der Waals surface area contributed by atoms with Gasteiger partial charge in [0.25, 0.3) is 6.02 Å². The van der Waals surface area contributed by atoms with E-state index >= 15 is 0 Å². The Bertz CT molecular complexity index is 881. The molecule has 1 spiro atoms. The second kappa shape index (κ2) is 6.34. The van der Waals surface area contributed by atoms with Crippen LogP contribution in [0.4, 0.5) is 4.39 Å². The van der Waals surface area contributed by atoms with Crippen molar-refractivity contribution in [3.63, 3.8) is 0 Å². The number of halogens is 1. The predicted molar refractivity (Wildman–Crippen MR) is 103 cm³/mol. The molecule has 4 nitrogen and oxygen atoms in total. The second-order valence-corrected chi connectivity index (χ2v) is 7.98. The molecule has 5 rings (SSSR count). The van der Waals surface area contributed by atoms with Gasteiger partial charge in [-0.2, -0.15) is 0 Å². The first-order valence-corrected chi connectivity index (χ1v) is 9.73. The summed E-state index contributed by atoms with van der Waals surface area (Å²) in [5.41, 5.74) is 9.53. The van der Waals surface area contributed by atoms with E-state index in [2.05, 4.69) is 29.2 Å². The molecular weight excluding hydrogens is 341 g/mol.